The Morgan fingerprint density at radius 2 is 1.60 bits per heavy atom. The van der Waals surface area contributed by atoms with E-state index in [0.717, 1.165) is 0 Å². The molecule has 0 amide bonds. The van der Waals surface area contributed by atoms with Crippen LogP contribution in [0.1, 0.15) is 73.1 Å². The number of hydrogen-bond acceptors (Lipinski definition) is 5. The summed E-state index contributed by atoms with van der Waals surface area (Å²) in [5, 5.41) is 11.0. The molecule has 0 saturated heterocycles. The van der Waals surface area contributed by atoms with E-state index in [1.165, 1.54) is 0 Å². The van der Waals surface area contributed by atoms with Crippen LogP contribution in [-0.4, -0.2) is 33.8 Å². The summed E-state index contributed by atoms with van der Waals surface area (Å²) in [6, 6.07) is 0. The normalized spacial score (nSPS) is 26.7. The lowest BCUT2D eigenvalue weighted by Gasteiger charge is -2.26. The van der Waals surface area contributed by atoms with Gasteiger partial charge in [0, 0.05) is 12.8 Å². The number of aliphatic hydroxyl groups is 1. The Kier molecular flexibility index (Phi) is 7.66. The second-order valence-electron chi connectivity index (χ2n) is 8.06. The first-order valence-corrected chi connectivity index (χ1v) is 9.43. The first-order chi connectivity index (χ1) is 11.6. The second-order valence-corrected chi connectivity index (χ2v) is 8.06. The van der Waals surface area contributed by atoms with Crippen LogP contribution in [0.4, 0.5) is 0 Å². The standard InChI is InChI=1S/C20H32O5/c1-6-7-15(21)17-18(23)14(10-8-12(2)3)20(25,19(17)24)16(22)11-9-13(4)5/h12-14,17,25H,6-11H2,1-5H3/t14-,17?,20-/m1/s1. The molecule has 0 aromatic rings. The zero-order chi connectivity index (χ0) is 19.4. The molecule has 1 saturated carbocycles. The highest BCUT2D eigenvalue weighted by Crippen LogP contribution is 2.40. The summed E-state index contributed by atoms with van der Waals surface area (Å²) in [6.07, 6.45) is 2.06. The molecule has 142 valence electrons. The van der Waals surface area contributed by atoms with Crippen molar-refractivity contribution in [2.45, 2.75) is 78.7 Å². The molecular formula is C20H32O5. The number of ketones is 4. The molecule has 0 radical (unpaired) electrons. The maximum atomic E-state index is 12.8. The highest BCUT2D eigenvalue weighted by atomic mass is 16.3. The quantitative estimate of drug-likeness (QED) is 0.611. The number of rotatable bonds is 10. The van der Waals surface area contributed by atoms with Crippen molar-refractivity contribution in [2.75, 3.05) is 0 Å². The van der Waals surface area contributed by atoms with Gasteiger partial charge in [-0.05, 0) is 31.1 Å². The van der Waals surface area contributed by atoms with Gasteiger partial charge < -0.3 is 5.11 Å². The number of carbonyl (C=O) groups excluding carboxylic acids is 4. The van der Waals surface area contributed by atoms with E-state index >= 15 is 0 Å². The smallest absolute Gasteiger partial charge is 0.192 e. The second kappa shape index (κ2) is 8.84. The third-order valence-corrected chi connectivity index (χ3v) is 5.00. The Bertz CT molecular complexity index is 534. The Balaban J connectivity index is 3.18. The molecule has 0 aromatic heterocycles. The zero-order valence-electron chi connectivity index (χ0n) is 16.1. The van der Waals surface area contributed by atoms with Crippen molar-refractivity contribution >= 4 is 23.1 Å². The molecule has 1 aliphatic carbocycles. The number of hydrogen-bond donors (Lipinski definition) is 1. The summed E-state index contributed by atoms with van der Waals surface area (Å²) < 4.78 is 0. The first-order valence-electron chi connectivity index (χ1n) is 9.43. The molecule has 1 N–H and O–H groups in total. The lowest BCUT2D eigenvalue weighted by atomic mass is 9.79. The third-order valence-electron chi connectivity index (χ3n) is 5.00. The topological polar surface area (TPSA) is 88.5 Å². The molecule has 1 rings (SSSR count). The predicted molar refractivity (Wildman–Crippen MR) is 95.0 cm³/mol. The molecule has 0 heterocycles. The van der Waals surface area contributed by atoms with Gasteiger partial charge in [-0.1, -0.05) is 41.0 Å². The summed E-state index contributed by atoms with van der Waals surface area (Å²) in [7, 11) is 0. The van der Waals surface area contributed by atoms with Crippen LogP contribution in [-0.2, 0) is 19.2 Å². The Morgan fingerprint density at radius 3 is 2.08 bits per heavy atom. The van der Waals surface area contributed by atoms with Gasteiger partial charge in [0.2, 0.25) is 0 Å². The lowest BCUT2D eigenvalue weighted by Crippen LogP contribution is -2.50. The fourth-order valence-corrected chi connectivity index (χ4v) is 3.42. The first kappa shape index (κ1) is 21.7. The van der Waals surface area contributed by atoms with E-state index in [1.807, 2.05) is 27.7 Å². The molecule has 5 nitrogen and oxygen atoms in total. The van der Waals surface area contributed by atoms with Gasteiger partial charge in [-0.25, -0.2) is 0 Å². The monoisotopic (exact) mass is 352 g/mol. The summed E-state index contributed by atoms with van der Waals surface area (Å²) in [4.78, 5) is 50.5. The van der Waals surface area contributed by atoms with E-state index in [-0.39, 0.29) is 31.1 Å². The molecule has 1 fully saturated rings. The van der Waals surface area contributed by atoms with E-state index in [0.29, 0.717) is 19.3 Å². The fourth-order valence-electron chi connectivity index (χ4n) is 3.42. The highest BCUT2D eigenvalue weighted by Gasteiger charge is 2.64. The van der Waals surface area contributed by atoms with E-state index < -0.39 is 40.6 Å². The van der Waals surface area contributed by atoms with Crippen molar-refractivity contribution in [3.05, 3.63) is 0 Å². The lowest BCUT2D eigenvalue weighted by molar-refractivity contribution is -0.154. The minimum Gasteiger partial charge on any atom is -0.374 e. The van der Waals surface area contributed by atoms with E-state index in [9.17, 15) is 24.3 Å². The molecule has 1 unspecified atom stereocenters. The molecule has 0 bridgehead atoms. The minimum atomic E-state index is -2.32. The van der Waals surface area contributed by atoms with Gasteiger partial charge in [-0.3, -0.25) is 19.2 Å². The van der Waals surface area contributed by atoms with E-state index in [2.05, 4.69) is 0 Å². The van der Waals surface area contributed by atoms with Crippen LogP contribution >= 0.6 is 0 Å². The number of Topliss-reactive ketones (excluding diaryl/α,β-unsaturated/α-hetero) is 4. The van der Waals surface area contributed by atoms with Crippen molar-refractivity contribution in [3.63, 3.8) is 0 Å². The van der Waals surface area contributed by atoms with Gasteiger partial charge in [0.25, 0.3) is 0 Å². The van der Waals surface area contributed by atoms with Crippen molar-refractivity contribution < 1.29 is 24.3 Å². The molecular weight excluding hydrogens is 320 g/mol. The van der Waals surface area contributed by atoms with Gasteiger partial charge in [-0.15, -0.1) is 0 Å². The molecule has 0 spiro atoms. The van der Waals surface area contributed by atoms with E-state index in [4.69, 9.17) is 0 Å². The zero-order valence-corrected chi connectivity index (χ0v) is 16.1. The van der Waals surface area contributed by atoms with Crippen molar-refractivity contribution in [1.82, 2.24) is 0 Å². The van der Waals surface area contributed by atoms with E-state index in [1.54, 1.807) is 6.92 Å². The molecule has 0 aromatic carbocycles. The third kappa shape index (κ3) is 4.63. The fraction of sp³-hybridized carbons (Fsp3) is 0.800. The molecule has 0 aliphatic heterocycles. The summed E-state index contributed by atoms with van der Waals surface area (Å²) in [5.41, 5.74) is -2.32. The van der Waals surface area contributed by atoms with Crippen molar-refractivity contribution in [3.8, 4) is 0 Å². The largest absolute Gasteiger partial charge is 0.374 e. The average molecular weight is 352 g/mol. The Hall–Kier alpha value is -1.36. The maximum Gasteiger partial charge on any atom is 0.192 e. The van der Waals surface area contributed by atoms with Gasteiger partial charge in [0.05, 0.1) is 5.92 Å². The SMILES string of the molecule is CCCC(=O)C1C(=O)[C@@H](CCC(C)C)[C@@](O)(C(=O)CCC(C)C)C1=O. The Morgan fingerprint density at radius 1 is 1.04 bits per heavy atom. The highest BCUT2D eigenvalue weighted by molar-refractivity contribution is 6.33. The van der Waals surface area contributed by atoms with Crippen LogP contribution in [0.5, 0.6) is 0 Å². The summed E-state index contributed by atoms with van der Waals surface area (Å²) in [5.74, 6) is -4.59. The van der Waals surface area contributed by atoms with Gasteiger partial charge >= 0.3 is 0 Å². The minimum absolute atomic E-state index is 0.0417. The van der Waals surface area contributed by atoms with Gasteiger partial charge in [0.1, 0.15) is 5.92 Å². The van der Waals surface area contributed by atoms with Crippen LogP contribution < -0.4 is 0 Å². The molecule has 1 aliphatic rings. The molecule has 25 heavy (non-hydrogen) atoms. The van der Waals surface area contributed by atoms with Gasteiger partial charge in [-0.2, -0.15) is 0 Å². The predicted octanol–water partition coefficient (Wildman–Crippen LogP) is 2.91. The van der Waals surface area contributed by atoms with Crippen LogP contribution in [0, 0.1) is 23.7 Å². The molecule has 5 heteroatoms. The average Bonchev–Trinajstić information content (AvgIpc) is 2.70. The number of carbonyl (C=O) groups is 4. The van der Waals surface area contributed by atoms with Crippen molar-refractivity contribution in [1.29, 1.82) is 0 Å². The maximum absolute atomic E-state index is 12.8. The van der Waals surface area contributed by atoms with Crippen LogP contribution in [0.2, 0.25) is 0 Å². The summed E-state index contributed by atoms with van der Waals surface area (Å²) >= 11 is 0. The van der Waals surface area contributed by atoms with Crippen molar-refractivity contribution in [2.24, 2.45) is 23.7 Å². The Labute approximate surface area is 150 Å². The summed E-state index contributed by atoms with van der Waals surface area (Å²) in [6.45, 7) is 9.63. The van der Waals surface area contributed by atoms with Gasteiger partial charge in [0.15, 0.2) is 28.7 Å². The van der Waals surface area contributed by atoms with Crippen LogP contribution in [0.25, 0.3) is 0 Å². The van der Waals surface area contributed by atoms with Crippen LogP contribution in [0.15, 0.2) is 0 Å². The molecule has 3 atom stereocenters. The van der Waals surface area contributed by atoms with Crippen LogP contribution in [0.3, 0.4) is 0 Å².